The van der Waals surface area contributed by atoms with Gasteiger partial charge < -0.3 is 5.11 Å². The number of aromatic nitrogens is 3. The summed E-state index contributed by atoms with van der Waals surface area (Å²) in [6.07, 6.45) is 20.8. The number of carbonyl (C=O) groups is 1. The Bertz CT molecular complexity index is 1180. The van der Waals surface area contributed by atoms with Crippen LogP contribution in [0.25, 0.3) is 22.0 Å². The number of fused-ring (bicyclic) bond motifs is 1. The van der Waals surface area contributed by atoms with E-state index in [0.717, 1.165) is 23.0 Å². The highest BCUT2D eigenvalue weighted by molar-refractivity contribution is 6.00. The third kappa shape index (κ3) is 3.85. The normalized spacial score (nSPS) is 18.7. The number of pyridine rings is 1. The van der Waals surface area contributed by atoms with Crippen molar-refractivity contribution in [3.8, 4) is 0 Å². The van der Waals surface area contributed by atoms with Crippen molar-refractivity contribution >= 4 is 28.0 Å². The maximum Gasteiger partial charge on any atom is 0.373 e. The SMILES string of the molecule is CC1=CC=C(c2nc(C(=O)O)nc3c(C4=CC=CC(C)C=C4)nccc23)C=CC1. The molecule has 0 fully saturated rings. The average Bonchev–Trinajstić information content (AvgIpc) is 3.06. The van der Waals surface area contributed by atoms with E-state index in [9.17, 15) is 9.90 Å². The van der Waals surface area contributed by atoms with Gasteiger partial charge in [-0.1, -0.05) is 67.2 Å². The summed E-state index contributed by atoms with van der Waals surface area (Å²) in [4.78, 5) is 25.0. The van der Waals surface area contributed by atoms with Crippen molar-refractivity contribution in [3.05, 3.63) is 89.7 Å². The van der Waals surface area contributed by atoms with Crippen LogP contribution in [0.3, 0.4) is 0 Å². The van der Waals surface area contributed by atoms with Crippen molar-refractivity contribution < 1.29 is 9.90 Å². The highest BCUT2D eigenvalue weighted by Crippen LogP contribution is 2.30. The van der Waals surface area contributed by atoms with E-state index in [2.05, 4.69) is 47.0 Å². The van der Waals surface area contributed by atoms with Gasteiger partial charge in [0.2, 0.25) is 5.82 Å². The molecule has 4 rings (SSSR count). The van der Waals surface area contributed by atoms with Gasteiger partial charge in [-0.25, -0.2) is 14.8 Å². The second kappa shape index (κ2) is 7.80. The Morgan fingerprint density at radius 3 is 2.72 bits per heavy atom. The number of aromatic carboxylic acids is 1. The summed E-state index contributed by atoms with van der Waals surface area (Å²) in [5.74, 6) is -1.08. The van der Waals surface area contributed by atoms with E-state index in [-0.39, 0.29) is 5.82 Å². The van der Waals surface area contributed by atoms with E-state index in [1.165, 1.54) is 5.57 Å². The second-order valence-corrected chi connectivity index (χ2v) is 7.22. The summed E-state index contributed by atoms with van der Waals surface area (Å²) in [6.45, 7) is 4.16. The third-order valence-corrected chi connectivity index (χ3v) is 4.91. The predicted octanol–water partition coefficient (Wildman–Crippen LogP) is 5.16. The molecule has 5 heteroatoms. The quantitative estimate of drug-likeness (QED) is 0.792. The molecule has 5 nitrogen and oxygen atoms in total. The topological polar surface area (TPSA) is 76.0 Å². The summed E-state index contributed by atoms with van der Waals surface area (Å²) in [7, 11) is 0. The number of rotatable bonds is 3. The number of nitrogens with zero attached hydrogens (tertiary/aromatic N) is 3. The van der Waals surface area contributed by atoms with Crippen molar-refractivity contribution in [1.29, 1.82) is 0 Å². The van der Waals surface area contributed by atoms with Gasteiger partial charge in [0.05, 0.1) is 11.4 Å². The lowest BCUT2D eigenvalue weighted by atomic mass is 10.0. The first kappa shape index (κ1) is 18.7. The number of hydrogen-bond donors (Lipinski definition) is 1. The van der Waals surface area contributed by atoms with Gasteiger partial charge >= 0.3 is 5.97 Å². The summed E-state index contributed by atoms with van der Waals surface area (Å²) in [5, 5.41) is 10.4. The van der Waals surface area contributed by atoms with Crippen molar-refractivity contribution in [1.82, 2.24) is 15.0 Å². The lowest BCUT2D eigenvalue weighted by Gasteiger charge is -2.11. The van der Waals surface area contributed by atoms with E-state index >= 15 is 0 Å². The van der Waals surface area contributed by atoms with Gasteiger partial charge in [-0.05, 0) is 25.3 Å². The van der Waals surface area contributed by atoms with Crippen LogP contribution in [0.4, 0.5) is 0 Å². The van der Waals surface area contributed by atoms with Gasteiger partial charge in [-0.15, -0.1) is 0 Å². The minimum absolute atomic E-state index is 0.233. The third-order valence-electron chi connectivity index (χ3n) is 4.91. The molecule has 1 atom stereocenters. The lowest BCUT2D eigenvalue weighted by molar-refractivity contribution is 0.0684. The molecule has 29 heavy (non-hydrogen) atoms. The summed E-state index contributed by atoms with van der Waals surface area (Å²) < 4.78 is 0. The molecule has 0 saturated carbocycles. The van der Waals surface area contributed by atoms with Crippen LogP contribution in [-0.2, 0) is 0 Å². The van der Waals surface area contributed by atoms with Crippen LogP contribution in [-0.4, -0.2) is 26.0 Å². The van der Waals surface area contributed by atoms with Crippen molar-refractivity contribution in [2.24, 2.45) is 5.92 Å². The van der Waals surface area contributed by atoms with Crippen LogP contribution >= 0.6 is 0 Å². The van der Waals surface area contributed by atoms with Crippen LogP contribution in [0.2, 0.25) is 0 Å². The molecule has 2 aliphatic carbocycles. The molecule has 2 aromatic heterocycles. The van der Waals surface area contributed by atoms with Crippen molar-refractivity contribution in [3.63, 3.8) is 0 Å². The fraction of sp³-hybridized carbons (Fsp3) is 0.167. The molecular formula is C24H21N3O2. The predicted molar refractivity (Wildman–Crippen MR) is 115 cm³/mol. The Labute approximate surface area is 169 Å². The highest BCUT2D eigenvalue weighted by Gasteiger charge is 2.19. The molecule has 144 valence electrons. The van der Waals surface area contributed by atoms with Crippen molar-refractivity contribution in [2.75, 3.05) is 0 Å². The molecule has 0 aliphatic heterocycles. The zero-order valence-corrected chi connectivity index (χ0v) is 16.3. The molecule has 1 unspecified atom stereocenters. The molecule has 0 amide bonds. The number of hydrogen-bond acceptors (Lipinski definition) is 4. The van der Waals surface area contributed by atoms with Gasteiger partial charge in [-0.2, -0.15) is 0 Å². The largest absolute Gasteiger partial charge is 0.475 e. The Morgan fingerprint density at radius 1 is 1.07 bits per heavy atom. The Kier molecular flexibility index (Phi) is 5.04. The minimum atomic E-state index is -1.16. The monoisotopic (exact) mass is 383 g/mol. The summed E-state index contributed by atoms with van der Waals surface area (Å²) in [6, 6.07) is 1.84. The molecule has 0 bridgehead atoms. The van der Waals surface area contributed by atoms with Crippen molar-refractivity contribution in [2.45, 2.75) is 20.3 Å². The first-order valence-corrected chi connectivity index (χ1v) is 9.54. The molecule has 2 aliphatic rings. The first-order chi connectivity index (χ1) is 14.0. The van der Waals surface area contributed by atoms with E-state index in [0.29, 0.717) is 22.8 Å². The van der Waals surface area contributed by atoms with Gasteiger partial charge in [0.1, 0.15) is 5.52 Å². The Hall–Kier alpha value is -3.60. The van der Waals surface area contributed by atoms with Gasteiger partial charge in [0, 0.05) is 22.7 Å². The molecule has 2 aromatic rings. The van der Waals surface area contributed by atoms with Gasteiger partial charge in [0.15, 0.2) is 0 Å². The molecule has 0 saturated heterocycles. The number of carboxylic acid groups (broad SMARTS) is 1. The zero-order chi connectivity index (χ0) is 20.4. The molecule has 0 spiro atoms. The summed E-state index contributed by atoms with van der Waals surface area (Å²) >= 11 is 0. The first-order valence-electron chi connectivity index (χ1n) is 9.54. The van der Waals surface area contributed by atoms with Gasteiger partial charge in [0.25, 0.3) is 0 Å². The minimum Gasteiger partial charge on any atom is -0.475 e. The van der Waals surface area contributed by atoms with Crippen LogP contribution < -0.4 is 0 Å². The smallest absolute Gasteiger partial charge is 0.373 e. The van der Waals surface area contributed by atoms with Crippen LogP contribution in [0.15, 0.2) is 72.5 Å². The fourth-order valence-corrected chi connectivity index (χ4v) is 3.34. The number of carboxylic acids is 1. The van der Waals surface area contributed by atoms with Crippen LogP contribution in [0, 0.1) is 5.92 Å². The molecule has 2 heterocycles. The maximum absolute atomic E-state index is 11.8. The van der Waals surface area contributed by atoms with Crippen LogP contribution in [0.5, 0.6) is 0 Å². The van der Waals surface area contributed by atoms with E-state index < -0.39 is 5.97 Å². The maximum atomic E-state index is 11.8. The van der Waals surface area contributed by atoms with E-state index in [1.54, 1.807) is 6.20 Å². The zero-order valence-electron chi connectivity index (χ0n) is 16.3. The molecule has 1 N–H and O–H groups in total. The average molecular weight is 383 g/mol. The molecule has 0 aromatic carbocycles. The Balaban J connectivity index is 1.99. The standard InChI is InChI=1S/C24H21N3O2/c1-15-5-3-7-17(11-9-15)20-19-13-14-25-21(18-8-4-6-16(2)10-12-18)22(19)27-23(26-20)24(28)29/h3-4,6-14,16H,5H2,1-2H3,(H,28,29). The highest BCUT2D eigenvalue weighted by atomic mass is 16.4. The fourth-order valence-electron chi connectivity index (χ4n) is 3.34. The Morgan fingerprint density at radius 2 is 1.90 bits per heavy atom. The lowest BCUT2D eigenvalue weighted by Crippen LogP contribution is -2.08. The molecule has 0 radical (unpaired) electrons. The van der Waals surface area contributed by atoms with E-state index in [1.807, 2.05) is 42.5 Å². The number of allylic oxidation sites excluding steroid dienone is 12. The van der Waals surface area contributed by atoms with E-state index in [4.69, 9.17) is 0 Å². The van der Waals surface area contributed by atoms with Crippen LogP contribution in [0.1, 0.15) is 42.3 Å². The summed E-state index contributed by atoms with van der Waals surface area (Å²) in [5.41, 5.74) is 4.75. The second-order valence-electron chi connectivity index (χ2n) is 7.22. The molecular weight excluding hydrogens is 362 g/mol. The van der Waals surface area contributed by atoms with Gasteiger partial charge in [-0.3, -0.25) is 4.98 Å².